The summed E-state index contributed by atoms with van der Waals surface area (Å²) in [5, 5.41) is 1.10. The van der Waals surface area contributed by atoms with E-state index < -0.39 is 5.91 Å². The van der Waals surface area contributed by atoms with E-state index in [2.05, 4.69) is 16.8 Å². The average Bonchev–Trinajstić information content (AvgIpc) is 3.56. The zero-order chi connectivity index (χ0) is 27.5. The van der Waals surface area contributed by atoms with Gasteiger partial charge in [0, 0.05) is 57.4 Å². The molecular formula is C29H32N6O3S. The van der Waals surface area contributed by atoms with E-state index in [1.165, 1.54) is 11.3 Å². The number of nitrogens with two attached hydrogens (primary N) is 1. The van der Waals surface area contributed by atoms with E-state index in [0.717, 1.165) is 36.7 Å². The SMILES string of the molecule is CN1CCN(c2ccc(C(=O)Cc3nc4cc(N(C)C(=O)c5ccccc5)ccc4n3CCC(N)=O)s2)CC1. The molecule has 39 heavy (non-hydrogen) atoms. The van der Waals surface area contributed by atoms with Gasteiger partial charge in [0.25, 0.3) is 5.91 Å². The first-order valence-electron chi connectivity index (χ1n) is 13.0. The van der Waals surface area contributed by atoms with E-state index in [0.29, 0.717) is 34.0 Å². The lowest BCUT2D eigenvalue weighted by molar-refractivity contribution is -0.118. The van der Waals surface area contributed by atoms with Gasteiger partial charge < -0.3 is 25.0 Å². The van der Waals surface area contributed by atoms with Crippen LogP contribution in [0.3, 0.4) is 0 Å². The van der Waals surface area contributed by atoms with E-state index in [1.54, 1.807) is 24.1 Å². The summed E-state index contributed by atoms with van der Waals surface area (Å²) in [6.07, 6.45) is 0.234. The molecule has 2 aromatic heterocycles. The number of rotatable bonds is 9. The summed E-state index contributed by atoms with van der Waals surface area (Å²) in [6, 6.07) is 18.5. The summed E-state index contributed by atoms with van der Waals surface area (Å²) in [4.78, 5) is 49.5. The average molecular weight is 545 g/mol. The van der Waals surface area contributed by atoms with Gasteiger partial charge in [-0.3, -0.25) is 14.4 Å². The van der Waals surface area contributed by atoms with Gasteiger partial charge in [-0.05, 0) is 49.5 Å². The fourth-order valence-electron chi connectivity index (χ4n) is 4.78. The van der Waals surface area contributed by atoms with Crippen LogP contribution in [-0.4, -0.2) is 72.3 Å². The van der Waals surface area contributed by atoms with E-state index in [-0.39, 0.29) is 24.5 Å². The monoisotopic (exact) mass is 544 g/mol. The number of carbonyl (C=O) groups excluding carboxylic acids is 3. The van der Waals surface area contributed by atoms with Crippen molar-refractivity contribution in [3.63, 3.8) is 0 Å². The summed E-state index contributed by atoms with van der Waals surface area (Å²) in [5.74, 6) is -0.00559. The minimum atomic E-state index is -0.422. The number of benzene rings is 2. The van der Waals surface area contributed by atoms with Gasteiger partial charge in [-0.2, -0.15) is 0 Å². The molecule has 1 aliphatic heterocycles. The normalized spacial score (nSPS) is 14.1. The van der Waals surface area contributed by atoms with Gasteiger partial charge in [-0.15, -0.1) is 11.3 Å². The van der Waals surface area contributed by atoms with Crippen molar-refractivity contribution >= 4 is 50.7 Å². The molecule has 5 rings (SSSR count). The Labute approximate surface area is 231 Å². The van der Waals surface area contributed by atoms with Gasteiger partial charge in [0.1, 0.15) is 5.82 Å². The molecule has 4 aromatic rings. The second-order valence-electron chi connectivity index (χ2n) is 9.83. The number of hydrogen-bond acceptors (Lipinski definition) is 7. The largest absolute Gasteiger partial charge is 0.370 e. The molecule has 1 fully saturated rings. The molecule has 10 heteroatoms. The number of nitrogens with zero attached hydrogens (tertiary/aromatic N) is 5. The molecule has 3 heterocycles. The minimum Gasteiger partial charge on any atom is -0.370 e. The van der Waals surface area contributed by atoms with E-state index >= 15 is 0 Å². The number of ketones is 1. The van der Waals surface area contributed by atoms with Crippen LogP contribution >= 0.6 is 11.3 Å². The van der Waals surface area contributed by atoms with Crippen molar-refractivity contribution in [2.24, 2.45) is 5.73 Å². The number of hydrogen-bond donors (Lipinski definition) is 1. The zero-order valence-electron chi connectivity index (χ0n) is 22.2. The van der Waals surface area contributed by atoms with Crippen LogP contribution in [0, 0.1) is 0 Å². The number of Topliss-reactive ketones (excluding diaryl/α,β-unsaturated/α-hetero) is 1. The fraction of sp³-hybridized carbons (Fsp3) is 0.310. The molecule has 2 amide bonds. The number of anilines is 2. The second-order valence-corrected chi connectivity index (χ2v) is 10.9. The summed E-state index contributed by atoms with van der Waals surface area (Å²) >= 11 is 1.51. The van der Waals surface area contributed by atoms with Crippen molar-refractivity contribution < 1.29 is 14.4 Å². The number of amides is 2. The van der Waals surface area contributed by atoms with Crippen LogP contribution in [0.25, 0.3) is 11.0 Å². The van der Waals surface area contributed by atoms with Crippen molar-refractivity contribution in [3.05, 3.63) is 76.9 Å². The maximum atomic E-state index is 13.3. The number of primary amides is 1. The first-order chi connectivity index (χ1) is 18.8. The van der Waals surface area contributed by atoms with E-state index in [1.807, 2.05) is 53.1 Å². The second kappa shape index (κ2) is 11.4. The Morgan fingerprint density at radius 1 is 1.00 bits per heavy atom. The van der Waals surface area contributed by atoms with E-state index in [4.69, 9.17) is 10.7 Å². The summed E-state index contributed by atoms with van der Waals surface area (Å²) in [5.41, 5.74) is 8.15. The highest BCUT2D eigenvalue weighted by molar-refractivity contribution is 7.18. The van der Waals surface area contributed by atoms with Crippen LogP contribution in [0.2, 0.25) is 0 Å². The van der Waals surface area contributed by atoms with Crippen molar-refractivity contribution in [1.29, 1.82) is 0 Å². The molecule has 0 aliphatic carbocycles. The fourth-order valence-corrected chi connectivity index (χ4v) is 5.77. The molecule has 0 spiro atoms. The van der Waals surface area contributed by atoms with Crippen LogP contribution in [0.5, 0.6) is 0 Å². The molecule has 9 nitrogen and oxygen atoms in total. The summed E-state index contributed by atoms with van der Waals surface area (Å²) in [6.45, 7) is 4.20. The van der Waals surface area contributed by atoms with Gasteiger partial charge in [0.2, 0.25) is 5.91 Å². The number of piperazine rings is 1. The van der Waals surface area contributed by atoms with Crippen LogP contribution in [0.1, 0.15) is 32.3 Å². The Balaban J connectivity index is 1.40. The van der Waals surface area contributed by atoms with Crippen molar-refractivity contribution in [3.8, 4) is 0 Å². The lowest BCUT2D eigenvalue weighted by atomic mass is 10.2. The Hall–Kier alpha value is -4.02. The first-order valence-corrected chi connectivity index (χ1v) is 13.8. The predicted octanol–water partition coefficient (Wildman–Crippen LogP) is 3.43. The Kier molecular flexibility index (Phi) is 7.76. The third-order valence-electron chi connectivity index (χ3n) is 7.11. The van der Waals surface area contributed by atoms with Crippen molar-refractivity contribution in [2.45, 2.75) is 19.4 Å². The topological polar surface area (TPSA) is 105 Å². The van der Waals surface area contributed by atoms with Crippen molar-refractivity contribution in [1.82, 2.24) is 14.5 Å². The van der Waals surface area contributed by atoms with Crippen LogP contribution in [0.15, 0.2) is 60.7 Å². The summed E-state index contributed by atoms with van der Waals surface area (Å²) < 4.78 is 1.88. The molecule has 0 saturated carbocycles. The maximum Gasteiger partial charge on any atom is 0.258 e. The quantitative estimate of drug-likeness (QED) is 0.324. The Morgan fingerprint density at radius 3 is 2.46 bits per heavy atom. The van der Waals surface area contributed by atoms with E-state index in [9.17, 15) is 14.4 Å². The zero-order valence-corrected chi connectivity index (χ0v) is 23.0. The molecule has 0 atom stereocenters. The highest BCUT2D eigenvalue weighted by Gasteiger charge is 2.21. The summed E-state index contributed by atoms with van der Waals surface area (Å²) in [7, 11) is 3.84. The van der Waals surface area contributed by atoms with Gasteiger partial charge in [0.15, 0.2) is 5.78 Å². The molecular weight excluding hydrogens is 512 g/mol. The van der Waals surface area contributed by atoms with Gasteiger partial charge in [0.05, 0.1) is 27.3 Å². The molecule has 0 bridgehead atoms. The number of likely N-dealkylation sites (N-methyl/N-ethyl adjacent to an activating group) is 1. The minimum absolute atomic E-state index is 0.0207. The molecule has 1 saturated heterocycles. The third kappa shape index (κ3) is 5.86. The molecule has 2 N–H and O–H groups in total. The first kappa shape index (κ1) is 26.6. The third-order valence-corrected chi connectivity index (χ3v) is 8.29. The molecule has 0 unspecified atom stereocenters. The Morgan fingerprint density at radius 2 is 1.74 bits per heavy atom. The predicted molar refractivity (Wildman–Crippen MR) is 155 cm³/mol. The molecule has 0 radical (unpaired) electrons. The lowest BCUT2D eigenvalue weighted by Crippen LogP contribution is -2.44. The van der Waals surface area contributed by atoms with Gasteiger partial charge >= 0.3 is 0 Å². The van der Waals surface area contributed by atoms with Crippen LogP contribution in [0.4, 0.5) is 10.7 Å². The van der Waals surface area contributed by atoms with Gasteiger partial charge in [-0.25, -0.2) is 4.98 Å². The van der Waals surface area contributed by atoms with Crippen LogP contribution < -0.4 is 15.5 Å². The number of aromatic nitrogens is 2. The molecule has 1 aliphatic rings. The number of imidazole rings is 1. The Bertz CT molecular complexity index is 1500. The van der Waals surface area contributed by atoms with Gasteiger partial charge in [-0.1, -0.05) is 18.2 Å². The number of aryl methyl sites for hydroxylation is 1. The van der Waals surface area contributed by atoms with Crippen molar-refractivity contribution in [2.75, 3.05) is 50.1 Å². The molecule has 202 valence electrons. The standard InChI is InChI=1S/C29H32N6O3S/c1-32-14-16-34(17-15-32)28-11-10-25(39-28)24(36)19-27-31-22-18-21(8-9-23(22)35(27)13-12-26(30)37)33(2)29(38)20-6-4-3-5-7-20/h3-11,18H,12-17,19H2,1-2H3,(H2,30,37). The maximum absolute atomic E-state index is 13.3. The number of fused-ring (bicyclic) bond motifs is 1. The lowest BCUT2D eigenvalue weighted by Gasteiger charge is -2.32. The number of carbonyl (C=O) groups is 3. The molecule has 2 aromatic carbocycles. The number of thiophene rings is 1. The highest BCUT2D eigenvalue weighted by Crippen LogP contribution is 2.29. The highest BCUT2D eigenvalue weighted by atomic mass is 32.1. The van der Waals surface area contributed by atoms with Crippen LogP contribution in [-0.2, 0) is 17.8 Å². The smallest absolute Gasteiger partial charge is 0.258 e.